The molecule has 0 unspecified atom stereocenters. The van der Waals surface area contributed by atoms with Crippen molar-refractivity contribution in [3.05, 3.63) is 34.2 Å². The quantitative estimate of drug-likeness (QED) is 0.594. The minimum Gasteiger partial charge on any atom is -0.276 e. The molecular formula is C8H3Cl2NO3. The van der Waals surface area contributed by atoms with Gasteiger partial charge < -0.3 is 0 Å². The van der Waals surface area contributed by atoms with Crippen LogP contribution in [0.5, 0.6) is 0 Å². The van der Waals surface area contributed by atoms with Gasteiger partial charge in [0.25, 0.3) is 10.5 Å². The fraction of sp³-hybridized carbons (Fsp3) is 0. The topological polar surface area (TPSA) is 63.6 Å². The van der Waals surface area contributed by atoms with Crippen LogP contribution >= 0.6 is 23.2 Å². The second-order valence-electron chi connectivity index (χ2n) is 2.37. The van der Waals surface area contributed by atoms with Crippen LogP contribution < -0.4 is 0 Å². The first kappa shape index (κ1) is 10.8. The Hall–Kier alpha value is -1.26. The number of nitrogens with zero attached hydrogens (tertiary/aromatic N) is 1. The molecule has 0 saturated heterocycles. The molecule has 0 saturated carbocycles. The van der Waals surface area contributed by atoms with E-state index >= 15 is 0 Å². The van der Waals surface area contributed by atoms with E-state index in [2.05, 4.69) is 5.18 Å². The summed E-state index contributed by atoms with van der Waals surface area (Å²) >= 11 is 10.4. The largest absolute Gasteiger partial charge is 0.276 e. The van der Waals surface area contributed by atoms with Crippen LogP contribution in [0.4, 0.5) is 5.69 Å². The van der Waals surface area contributed by atoms with Gasteiger partial charge in [0, 0.05) is 11.1 Å². The Morgan fingerprint density at radius 1 is 1.07 bits per heavy atom. The van der Waals surface area contributed by atoms with Crippen molar-refractivity contribution in [2.75, 3.05) is 0 Å². The number of nitroso groups, excluding NO2 is 1. The third-order valence-corrected chi connectivity index (χ3v) is 1.94. The van der Waals surface area contributed by atoms with Crippen LogP contribution in [0.15, 0.2) is 23.4 Å². The molecule has 0 aromatic heterocycles. The summed E-state index contributed by atoms with van der Waals surface area (Å²) in [4.78, 5) is 31.8. The Morgan fingerprint density at radius 2 is 1.64 bits per heavy atom. The molecule has 0 amide bonds. The van der Waals surface area contributed by atoms with E-state index in [0.717, 1.165) is 6.07 Å². The molecule has 0 heterocycles. The van der Waals surface area contributed by atoms with Crippen molar-refractivity contribution < 1.29 is 9.59 Å². The second-order valence-corrected chi connectivity index (χ2v) is 3.06. The highest BCUT2D eigenvalue weighted by molar-refractivity contribution is 6.72. The predicted molar refractivity (Wildman–Crippen MR) is 52.3 cm³/mol. The predicted octanol–water partition coefficient (Wildman–Crippen LogP) is 2.84. The summed E-state index contributed by atoms with van der Waals surface area (Å²) < 4.78 is 0. The van der Waals surface area contributed by atoms with E-state index in [1.165, 1.54) is 12.1 Å². The first-order valence-corrected chi connectivity index (χ1v) is 4.19. The monoisotopic (exact) mass is 231 g/mol. The van der Waals surface area contributed by atoms with E-state index in [1.54, 1.807) is 0 Å². The number of halogens is 2. The molecule has 0 atom stereocenters. The van der Waals surface area contributed by atoms with Gasteiger partial charge in [-0.1, -0.05) is 0 Å². The highest BCUT2D eigenvalue weighted by Crippen LogP contribution is 2.21. The van der Waals surface area contributed by atoms with Crippen LogP contribution in [0.2, 0.25) is 0 Å². The van der Waals surface area contributed by atoms with E-state index < -0.39 is 10.5 Å². The molecule has 72 valence electrons. The molecule has 6 heteroatoms. The van der Waals surface area contributed by atoms with Crippen molar-refractivity contribution in [3.8, 4) is 0 Å². The maximum Gasteiger partial charge on any atom is 0.253 e. The minimum absolute atomic E-state index is 0.00988. The van der Waals surface area contributed by atoms with E-state index in [4.69, 9.17) is 23.2 Å². The molecule has 0 N–H and O–H groups in total. The summed E-state index contributed by atoms with van der Waals surface area (Å²) in [6.45, 7) is 0. The molecule has 0 aliphatic rings. The van der Waals surface area contributed by atoms with Gasteiger partial charge in [0.1, 0.15) is 5.69 Å². The Balaban J connectivity index is 3.38. The van der Waals surface area contributed by atoms with Gasteiger partial charge in [0.05, 0.1) is 0 Å². The molecule has 4 nitrogen and oxygen atoms in total. The average Bonchev–Trinajstić information content (AvgIpc) is 2.16. The Kier molecular flexibility index (Phi) is 3.33. The number of hydrogen-bond donors (Lipinski definition) is 0. The number of rotatable bonds is 3. The normalized spacial score (nSPS) is 9.57. The molecule has 1 aromatic carbocycles. The molecule has 0 aliphatic carbocycles. The van der Waals surface area contributed by atoms with Crippen molar-refractivity contribution in [1.82, 2.24) is 0 Å². The highest BCUT2D eigenvalue weighted by atomic mass is 35.5. The smallest absolute Gasteiger partial charge is 0.253 e. The Labute approximate surface area is 88.8 Å². The van der Waals surface area contributed by atoms with Crippen LogP contribution in [-0.4, -0.2) is 10.5 Å². The molecule has 0 fully saturated rings. The van der Waals surface area contributed by atoms with Gasteiger partial charge in [-0.2, -0.15) is 0 Å². The third kappa shape index (κ3) is 2.16. The fourth-order valence-electron chi connectivity index (χ4n) is 0.923. The van der Waals surface area contributed by atoms with E-state index in [9.17, 15) is 14.5 Å². The van der Waals surface area contributed by atoms with Gasteiger partial charge in [0.15, 0.2) is 0 Å². The van der Waals surface area contributed by atoms with Crippen LogP contribution in [0.1, 0.15) is 20.7 Å². The fourth-order valence-corrected chi connectivity index (χ4v) is 1.24. The zero-order valence-corrected chi connectivity index (χ0v) is 8.17. The number of benzene rings is 1. The standard InChI is InChI=1S/C8H3Cl2NO3/c9-7(12)5-2-1-4(11-14)3-6(5)8(10)13/h1-3H. The van der Waals surface area contributed by atoms with Crippen molar-refractivity contribution in [2.24, 2.45) is 5.18 Å². The van der Waals surface area contributed by atoms with Crippen molar-refractivity contribution in [1.29, 1.82) is 0 Å². The summed E-state index contributed by atoms with van der Waals surface area (Å²) in [5, 5.41) is 0.924. The maximum absolute atomic E-state index is 10.8. The molecule has 0 aliphatic heterocycles. The molecule has 0 radical (unpaired) electrons. The number of hydrogen-bond acceptors (Lipinski definition) is 4. The van der Waals surface area contributed by atoms with Gasteiger partial charge in [-0.25, -0.2) is 0 Å². The SMILES string of the molecule is O=Nc1ccc(C(=O)Cl)c(C(=O)Cl)c1. The third-order valence-electron chi connectivity index (χ3n) is 1.53. The summed E-state index contributed by atoms with van der Waals surface area (Å²) in [5.41, 5.74) is -0.154. The highest BCUT2D eigenvalue weighted by Gasteiger charge is 2.14. The molecule has 1 aromatic rings. The summed E-state index contributed by atoms with van der Waals surface area (Å²) in [6.07, 6.45) is 0. The van der Waals surface area contributed by atoms with Crippen molar-refractivity contribution in [2.45, 2.75) is 0 Å². The Bertz CT molecular complexity index is 417. The first-order chi connectivity index (χ1) is 6.56. The lowest BCUT2D eigenvalue weighted by atomic mass is 10.1. The van der Waals surface area contributed by atoms with Gasteiger partial charge in [-0.05, 0) is 46.6 Å². The zero-order valence-electron chi connectivity index (χ0n) is 6.66. The lowest BCUT2D eigenvalue weighted by molar-refractivity contribution is 0.105. The zero-order chi connectivity index (χ0) is 10.7. The molecule has 14 heavy (non-hydrogen) atoms. The second kappa shape index (κ2) is 4.30. The van der Waals surface area contributed by atoms with Gasteiger partial charge >= 0.3 is 0 Å². The number of carbonyl (C=O) groups excluding carboxylic acids is 2. The minimum atomic E-state index is -0.862. The van der Waals surface area contributed by atoms with Gasteiger partial charge in [0.2, 0.25) is 0 Å². The van der Waals surface area contributed by atoms with Crippen LogP contribution in [0.3, 0.4) is 0 Å². The van der Waals surface area contributed by atoms with Crippen LogP contribution in [-0.2, 0) is 0 Å². The van der Waals surface area contributed by atoms with Crippen LogP contribution in [0, 0.1) is 4.91 Å². The van der Waals surface area contributed by atoms with E-state index in [1.807, 2.05) is 0 Å². The lowest BCUT2D eigenvalue weighted by Crippen LogP contribution is -2.00. The molecule has 1 rings (SSSR count). The van der Waals surface area contributed by atoms with Crippen molar-refractivity contribution >= 4 is 39.4 Å². The van der Waals surface area contributed by atoms with Crippen LogP contribution in [0.25, 0.3) is 0 Å². The van der Waals surface area contributed by atoms with Crippen molar-refractivity contribution in [3.63, 3.8) is 0 Å². The maximum atomic E-state index is 10.8. The summed E-state index contributed by atoms with van der Waals surface area (Å²) in [6, 6.07) is 3.60. The average molecular weight is 232 g/mol. The molecule has 0 spiro atoms. The molecule has 0 bridgehead atoms. The first-order valence-electron chi connectivity index (χ1n) is 3.43. The summed E-state index contributed by atoms with van der Waals surface area (Å²) in [5.74, 6) is 0. The van der Waals surface area contributed by atoms with Gasteiger partial charge in [-0.3, -0.25) is 9.59 Å². The number of carbonyl (C=O) groups is 2. The van der Waals surface area contributed by atoms with E-state index in [-0.39, 0.29) is 16.8 Å². The van der Waals surface area contributed by atoms with Gasteiger partial charge in [-0.15, -0.1) is 4.91 Å². The van der Waals surface area contributed by atoms with E-state index in [0.29, 0.717) is 0 Å². The Morgan fingerprint density at radius 3 is 2.07 bits per heavy atom. The summed E-state index contributed by atoms with van der Waals surface area (Å²) in [7, 11) is 0. The molecular weight excluding hydrogens is 229 g/mol. The lowest BCUT2D eigenvalue weighted by Gasteiger charge is -2.00.